The van der Waals surface area contributed by atoms with E-state index in [-0.39, 0.29) is 15.6 Å². The van der Waals surface area contributed by atoms with E-state index in [0.717, 1.165) is 6.42 Å². The summed E-state index contributed by atoms with van der Waals surface area (Å²) in [6.07, 6.45) is 0.909. The second-order valence-corrected chi connectivity index (χ2v) is 9.23. The number of ketones is 1. The maximum Gasteiger partial charge on any atom is 0.234 e. The zero-order valence-electron chi connectivity index (χ0n) is 13.4. The molecule has 0 spiro atoms. The number of carbonyl (C=O) groups is 1. The topological polar surface area (TPSA) is 75.3 Å². The van der Waals surface area contributed by atoms with Crippen LogP contribution in [0.1, 0.15) is 16.8 Å². The summed E-state index contributed by atoms with van der Waals surface area (Å²) < 4.78 is 25.5. The highest BCUT2D eigenvalue weighted by Gasteiger charge is 2.27. The number of Topliss-reactive ketones (excluding diaryl/α,β-unsaturated/α-hetero) is 1. The number of allylic oxidation sites excluding steroid dienone is 1. The van der Waals surface area contributed by atoms with Gasteiger partial charge in [0.15, 0.2) is 0 Å². The predicted molar refractivity (Wildman–Crippen MR) is 99.6 cm³/mol. The third-order valence-corrected chi connectivity index (χ3v) is 7.01. The molecule has 2 aromatic carbocycles. The van der Waals surface area contributed by atoms with Gasteiger partial charge in [0, 0.05) is 29.4 Å². The first kappa shape index (κ1) is 17.6. The highest BCUT2D eigenvalue weighted by atomic mass is 33.1. The highest BCUT2D eigenvalue weighted by Crippen LogP contribution is 2.33. The van der Waals surface area contributed by atoms with Crippen molar-refractivity contribution < 1.29 is 13.2 Å². The SMILES string of the molecule is O=C(C(SS(=O)(=O)c1ccccc1)=C1NCCCN1)c1ccccc1. The summed E-state index contributed by atoms with van der Waals surface area (Å²) >= 11 is 0. The largest absolute Gasteiger partial charge is 0.371 e. The lowest BCUT2D eigenvalue weighted by molar-refractivity contribution is 0.104. The van der Waals surface area contributed by atoms with Crippen molar-refractivity contribution >= 4 is 25.4 Å². The Morgan fingerprint density at radius 1 is 0.880 bits per heavy atom. The van der Waals surface area contributed by atoms with Crippen molar-refractivity contribution in [3.05, 3.63) is 77.0 Å². The molecule has 0 amide bonds. The average molecular weight is 374 g/mol. The van der Waals surface area contributed by atoms with Gasteiger partial charge in [-0.05, 0) is 18.6 Å². The van der Waals surface area contributed by atoms with Crippen LogP contribution < -0.4 is 10.6 Å². The van der Waals surface area contributed by atoms with Gasteiger partial charge in [-0.15, -0.1) is 0 Å². The van der Waals surface area contributed by atoms with Gasteiger partial charge in [-0.3, -0.25) is 4.79 Å². The molecular weight excluding hydrogens is 356 g/mol. The van der Waals surface area contributed by atoms with Crippen LogP contribution in [0.5, 0.6) is 0 Å². The van der Waals surface area contributed by atoms with Gasteiger partial charge in [0.2, 0.25) is 14.7 Å². The Morgan fingerprint density at radius 2 is 1.44 bits per heavy atom. The van der Waals surface area contributed by atoms with Crippen molar-refractivity contribution in [2.45, 2.75) is 11.3 Å². The maximum atomic E-state index is 12.9. The zero-order chi connectivity index (χ0) is 17.7. The average Bonchev–Trinajstić information content (AvgIpc) is 2.68. The van der Waals surface area contributed by atoms with Crippen LogP contribution in [-0.2, 0) is 8.87 Å². The highest BCUT2D eigenvalue weighted by molar-refractivity contribution is 8.73. The summed E-state index contributed by atoms with van der Waals surface area (Å²) in [5.74, 6) is 0.159. The molecule has 1 aliphatic heterocycles. The van der Waals surface area contributed by atoms with E-state index in [4.69, 9.17) is 0 Å². The molecule has 0 aromatic heterocycles. The van der Waals surface area contributed by atoms with Gasteiger partial charge >= 0.3 is 0 Å². The smallest absolute Gasteiger partial charge is 0.234 e. The third kappa shape index (κ3) is 4.24. The van der Waals surface area contributed by atoms with E-state index in [1.807, 2.05) is 6.07 Å². The first-order valence-corrected chi connectivity index (χ1v) is 10.7. The molecule has 0 saturated carbocycles. The predicted octanol–water partition coefficient (Wildman–Crippen LogP) is 2.74. The monoisotopic (exact) mass is 374 g/mol. The third-order valence-electron chi connectivity index (χ3n) is 3.65. The Hall–Kier alpha value is -2.25. The van der Waals surface area contributed by atoms with Gasteiger partial charge in [0.1, 0.15) is 10.7 Å². The van der Waals surface area contributed by atoms with Gasteiger partial charge in [-0.1, -0.05) is 48.5 Å². The van der Waals surface area contributed by atoms with Crippen LogP contribution >= 0.6 is 10.8 Å². The van der Waals surface area contributed by atoms with E-state index in [1.54, 1.807) is 42.5 Å². The lowest BCUT2D eigenvalue weighted by Gasteiger charge is -2.22. The zero-order valence-corrected chi connectivity index (χ0v) is 15.1. The minimum absolute atomic E-state index is 0.162. The van der Waals surface area contributed by atoms with Crippen LogP contribution in [-0.4, -0.2) is 27.3 Å². The number of hydrogen-bond donors (Lipinski definition) is 2. The summed E-state index contributed by atoms with van der Waals surface area (Å²) in [5.41, 5.74) is 0.454. The molecule has 2 aromatic rings. The summed E-state index contributed by atoms with van der Waals surface area (Å²) in [5, 5.41) is 6.21. The Labute approximate surface area is 150 Å². The second kappa shape index (κ2) is 7.76. The maximum absolute atomic E-state index is 12.9. The Morgan fingerprint density at radius 3 is 2.04 bits per heavy atom. The van der Waals surface area contributed by atoms with E-state index in [1.165, 1.54) is 12.1 Å². The fourth-order valence-electron chi connectivity index (χ4n) is 2.40. The molecule has 0 bridgehead atoms. The molecule has 2 N–H and O–H groups in total. The molecule has 25 heavy (non-hydrogen) atoms. The number of hydrogen-bond acceptors (Lipinski definition) is 6. The van der Waals surface area contributed by atoms with Crippen molar-refractivity contribution in [2.75, 3.05) is 13.1 Å². The number of nitrogens with one attached hydrogen (secondary N) is 2. The number of carbonyl (C=O) groups excluding carboxylic acids is 1. The van der Waals surface area contributed by atoms with Crippen LogP contribution in [0.25, 0.3) is 0 Å². The minimum atomic E-state index is -3.70. The second-order valence-electron chi connectivity index (χ2n) is 5.46. The van der Waals surface area contributed by atoms with E-state index in [2.05, 4.69) is 10.6 Å². The lowest BCUT2D eigenvalue weighted by atomic mass is 10.1. The van der Waals surface area contributed by atoms with Crippen molar-refractivity contribution in [1.29, 1.82) is 0 Å². The minimum Gasteiger partial charge on any atom is -0.371 e. The molecule has 1 fully saturated rings. The standard InChI is InChI=1S/C18H18N2O3S2/c21-16(14-8-3-1-4-9-14)17(18-19-12-7-13-20-18)24-25(22,23)15-10-5-2-6-11-15/h1-6,8-11,19-20H,7,12-13H2. The van der Waals surface area contributed by atoms with E-state index in [9.17, 15) is 13.2 Å². The molecule has 0 atom stereocenters. The molecule has 0 unspecified atom stereocenters. The quantitative estimate of drug-likeness (QED) is 0.476. The Kier molecular flexibility index (Phi) is 5.45. The normalized spacial score (nSPS) is 14.3. The van der Waals surface area contributed by atoms with Crippen LogP contribution in [0, 0.1) is 0 Å². The Balaban J connectivity index is 1.99. The molecule has 1 saturated heterocycles. The van der Waals surface area contributed by atoms with Crippen LogP contribution in [0.15, 0.2) is 76.3 Å². The van der Waals surface area contributed by atoms with Gasteiger partial charge < -0.3 is 10.6 Å². The van der Waals surface area contributed by atoms with Crippen molar-refractivity contribution in [2.24, 2.45) is 0 Å². The molecule has 0 radical (unpaired) electrons. The molecule has 1 aliphatic rings. The van der Waals surface area contributed by atoms with E-state index < -0.39 is 8.87 Å². The molecule has 5 nitrogen and oxygen atoms in total. The van der Waals surface area contributed by atoms with E-state index in [0.29, 0.717) is 35.3 Å². The summed E-state index contributed by atoms with van der Waals surface area (Å²) in [7, 11) is -3.12. The van der Waals surface area contributed by atoms with Gasteiger partial charge in [0.25, 0.3) is 0 Å². The number of benzene rings is 2. The Bertz CT molecular complexity index is 871. The molecular formula is C18H18N2O3S2. The molecule has 3 rings (SSSR count). The summed E-state index contributed by atoms with van der Waals surface area (Å²) in [6.45, 7) is 1.39. The summed E-state index contributed by atoms with van der Waals surface area (Å²) in [4.78, 5) is 13.3. The van der Waals surface area contributed by atoms with Crippen LogP contribution in [0.2, 0.25) is 0 Å². The molecule has 0 aliphatic carbocycles. The first-order chi connectivity index (χ1) is 12.1. The fraction of sp³-hybridized carbons (Fsp3) is 0.167. The van der Waals surface area contributed by atoms with Crippen molar-refractivity contribution in [1.82, 2.24) is 10.6 Å². The number of rotatable bonds is 5. The first-order valence-electron chi connectivity index (χ1n) is 7.89. The lowest BCUT2D eigenvalue weighted by Crippen LogP contribution is -2.37. The fourth-order valence-corrected chi connectivity index (χ4v) is 5.38. The van der Waals surface area contributed by atoms with Crippen molar-refractivity contribution in [3.63, 3.8) is 0 Å². The molecule has 1 heterocycles. The van der Waals surface area contributed by atoms with E-state index >= 15 is 0 Å². The van der Waals surface area contributed by atoms with Gasteiger partial charge in [-0.2, -0.15) is 0 Å². The summed E-state index contributed by atoms with van der Waals surface area (Å²) in [6, 6.07) is 16.8. The van der Waals surface area contributed by atoms with Crippen LogP contribution in [0.3, 0.4) is 0 Å². The molecule has 7 heteroatoms. The van der Waals surface area contributed by atoms with Crippen LogP contribution in [0.4, 0.5) is 0 Å². The molecule has 130 valence electrons. The van der Waals surface area contributed by atoms with Gasteiger partial charge in [0.05, 0.1) is 4.90 Å². The van der Waals surface area contributed by atoms with Crippen molar-refractivity contribution in [3.8, 4) is 0 Å². The van der Waals surface area contributed by atoms with Gasteiger partial charge in [-0.25, -0.2) is 8.42 Å².